The van der Waals surface area contributed by atoms with Gasteiger partial charge in [0.2, 0.25) is 0 Å². The molecule has 1 heterocycles. The van der Waals surface area contributed by atoms with Crippen molar-refractivity contribution in [2.75, 3.05) is 13.1 Å². The first-order valence-electron chi connectivity index (χ1n) is 7.09. The topological polar surface area (TPSA) is 20.3 Å². The van der Waals surface area contributed by atoms with E-state index in [-0.39, 0.29) is 11.3 Å². The molecule has 22 heavy (non-hydrogen) atoms. The molecule has 4 heteroatoms. The van der Waals surface area contributed by atoms with E-state index < -0.39 is 5.82 Å². The molecule has 1 aliphatic rings. The zero-order valence-corrected chi connectivity index (χ0v) is 13.5. The lowest BCUT2D eigenvalue weighted by molar-refractivity contribution is 0.103. The fourth-order valence-corrected chi connectivity index (χ4v) is 2.88. The fraction of sp³-hybridized carbons (Fsp3) is 0.167. The Hall–Kier alpha value is -1.78. The van der Waals surface area contributed by atoms with Crippen molar-refractivity contribution in [2.24, 2.45) is 0 Å². The number of benzene rings is 2. The Labute approximate surface area is 137 Å². The van der Waals surface area contributed by atoms with Gasteiger partial charge in [-0.1, -0.05) is 46.3 Å². The van der Waals surface area contributed by atoms with Crippen LogP contribution in [0.15, 0.2) is 59.1 Å². The molecule has 0 N–H and O–H groups in total. The number of hydrogen-bond acceptors (Lipinski definition) is 2. The van der Waals surface area contributed by atoms with E-state index in [1.807, 2.05) is 18.2 Å². The van der Waals surface area contributed by atoms with Crippen molar-refractivity contribution in [3.05, 3.63) is 81.6 Å². The van der Waals surface area contributed by atoms with Crippen LogP contribution >= 0.6 is 15.9 Å². The maximum Gasteiger partial charge on any atom is 0.195 e. The molecule has 2 nitrogen and oxygen atoms in total. The molecular weight excluding hydrogens is 345 g/mol. The third kappa shape index (κ3) is 3.34. The third-order valence-electron chi connectivity index (χ3n) is 3.66. The minimum atomic E-state index is -0.506. The van der Waals surface area contributed by atoms with Crippen molar-refractivity contribution in [2.45, 2.75) is 6.54 Å². The van der Waals surface area contributed by atoms with Crippen LogP contribution in [0.2, 0.25) is 0 Å². The van der Waals surface area contributed by atoms with Gasteiger partial charge in [-0.25, -0.2) is 4.39 Å². The first-order valence-corrected chi connectivity index (χ1v) is 7.89. The molecule has 0 fully saturated rings. The molecule has 0 unspecified atom stereocenters. The number of halogens is 2. The molecule has 3 rings (SSSR count). The Morgan fingerprint density at radius 1 is 1.14 bits per heavy atom. The molecule has 0 atom stereocenters. The van der Waals surface area contributed by atoms with Gasteiger partial charge in [-0.05, 0) is 29.8 Å². The normalized spacial score (nSPS) is 14.5. The summed E-state index contributed by atoms with van der Waals surface area (Å²) in [6, 6.07) is 11.9. The van der Waals surface area contributed by atoms with Crippen LogP contribution in [0.5, 0.6) is 0 Å². The van der Waals surface area contributed by atoms with Gasteiger partial charge < -0.3 is 0 Å². The number of nitrogens with zero attached hydrogens (tertiary/aromatic N) is 1. The summed E-state index contributed by atoms with van der Waals surface area (Å²) in [6.07, 6.45) is 4.26. The Kier molecular flexibility index (Phi) is 4.50. The van der Waals surface area contributed by atoms with Crippen molar-refractivity contribution < 1.29 is 9.18 Å². The Bertz CT molecular complexity index is 734. The van der Waals surface area contributed by atoms with Gasteiger partial charge in [0.05, 0.1) is 5.56 Å². The zero-order chi connectivity index (χ0) is 15.5. The van der Waals surface area contributed by atoms with Crippen LogP contribution < -0.4 is 0 Å². The average molecular weight is 360 g/mol. The predicted molar refractivity (Wildman–Crippen MR) is 88.4 cm³/mol. The van der Waals surface area contributed by atoms with Gasteiger partial charge in [0.1, 0.15) is 5.82 Å². The number of ketones is 1. The van der Waals surface area contributed by atoms with Crippen LogP contribution in [0.4, 0.5) is 4.39 Å². The van der Waals surface area contributed by atoms with Gasteiger partial charge in [-0.15, -0.1) is 0 Å². The van der Waals surface area contributed by atoms with Gasteiger partial charge in [0.25, 0.3) is 0 Å². The Morgan fingerprint density at radius 3 is 2.64 bits per heavy atom. The maximum absolute atomic E-state index is 13.9. The summed E-state index contributed by atoms with van der Waals surface area (Å²) in [5.74, 6) is -0.792. The van der Waals surface area contributed by atoms with Crippen molar-refractivity contribution >= 4 is 21.7 Å². The average Bonchev–Trinajstić information content (AvgIpc) is 3.00. The lowest BCUT2D eigenvalue weighted by Crippen LogP contribution is -2.19. The molecule has 1 aliphatic heterocycles. The van der Waals surface area contributed by atoms with Crippen molar-refractivity contribution in [3.8, 4) is 0 Å². The summed E-state index contributed by atoms with van der Waals surface area (Å²) in [6.45, 7) is 2.65. The second kappa shape index (κ2) is 6.55. The van der Waals surface area contributed by atoms with Gasteiger partial charge in [-0.3, -0.25) is 9.69 Å². The minimum Gasteiger partial charge on any atom is -0.292 e. The molecule has 2 aromatic rings. The van der Waals surface area contributed by atoms with Crippen molar-refractivity contribution in [3.63, 3.8) is 0 Å². The number of carbonyl (C=O) groups excluding carboxylic acids is 1. The van der Waals surface area contributed by atoms with E-state index in [1.165, 1.54) is 12.1 Å². The lowest BCUT2D eigenvalue weighted by Gasteiger charge is -2.15. The summed E-state index contributed by atoms with van der Waals surface area (Å²) in [4.78, 5) is 14.8. The smallest absolute Gasteiger partial charge is 0.195 e. The summed E-state index contributed by atoms with van der Waals surface area (Å²) < 4.78 is 14.6. The van der Waals surface area contributed by atoms with E-state index >= 15 is 0 Å². The minimum absolute atomic E-state index is 0.100. The Morgan fingerprint density at radius 2 is 1.91 bits per heavy atom. The summed E-state index contributed by atoms with van der Waals surface area (Å²) >= 11 is 3.20. The monoisotopic (exact) mass is 359 g/mol. The van der Waals surface area contributed by atoms with E-state index in [0.717, 1.165) is 25.2 Å². The largest absolute Gasteiger partial charge is 0.292 e. The molecule has 0 amide bonds. The molecule has 0 radical (unpaired) electrons. The zero-order valence-electron chi connectivity index (χ0n) is 11.9. The molecule has 0 aliphatic carbocycles. The van der Waals surface area contributed by atoms with E-state index in [1.54, 1.807) is 12.1 Å². The highest BCUT2D eigenvalue weighted by atomic mass is 79.9. The summed E-state index contributed by atoms with van der Waals surface area (Å²) in [7, 11) is 0. The second-order valence-corrected chi connectivity index (χ2v) is 6.23. The summed E-state index contributed by atoms with van der Waals surface area (Å²) in [5, 5.41) is 0. The van der Waals surface area contributed by atoms with Crippen LogP contribution in [0, 0.1) is 5.82 Å². The van der Waals surface area contributed by atoms with Crippen LogP contribution in [0.25, 0.3) is 0 Å². The number of hydrogen-bond donors (Lipinski definition) is 0. The highest BCUT2D eigenvalue weighted by Crippen LogP contribution is 2.19. The molecule has 0 bridgehead atoms. The van der Waals surface area contributed by atoms with E-state index in [0.29, 0.717) is 10.0 Å². The standard InChI is InChI=1S/C18H15BrFNO/c19-15-6-7-16(17(20)11-15)18(22)14-5-3-4-13(10-14)12-21-8-1-2-9-21/h1-7,10-11H,8-9,12H2. The van der Waals surface area contributed by atoms with Gasteiger partial charge in [0, 0.05) is 29.7 Å². The summed E-state index contributed by atoms with van der Waals surface area (Å²) in [5.41, 5.74) is 1.68. The van der Waals surface area contributed by atoms with Crippen molar-refractivity contribution in [1.29, 1.82) is 0 Å². The molecule has 112 valence electrons. The first-order chi connectivity index (χ1) is 10.6. The quantitative estimate of drug-likeness (QED) is 0.602. The molecule has 0 saturated heterocycles. The third-order valence-corrected chi connectivity index (χ3v) is 4.16. The maximum atomic E-state index is 13.9. The predicted octanol–water partition coefficient (Wildman–Crippen LogP) is 4.19. The van der Waals surface area contributed by atoms with Crippen LogP contribution in [-0.4, -0.2) is 23.8 Å². The van der Waals surface area contributed by atoms with Gasteiger partial charge in [0.15, 0.2) is 5.78 Å². The van der Waals surface area contributed by atoms with Gasteiger partial charge >= 0.3 is 0 Å². The SMILES string of the molecule is O=C(c1cccc(CN2CC=CC2)c1)c1ccc(Br)cc1F. The molecule has 0 spiro atoms. The van der Waals surface area contributed by atoms with Crippen molar-refractivity contribution in [1.82, 2.24) is 4.90 Å². The number of rotatable bonds is 4. The van der Waals surface area contributed by atoms with Gasteiger partial charge in [-0.2, -0.15) is 0 Å². The lowest BCUT2D eigenvalue weighted by atomic mass is 10.0. The van der Waals surface area contributed by atoms with Crippen LogP contribution in [0.1, 0.15) is 21.5 Å². The second-order valence-electron chi connectivity index (χ2n) is 5.32. The van der Waals surface area contributed by atoms with Crippen LogP contribution in [0.3, 0.4) is 0 Å². The van der Waals surface area contributed by atoms with E-state index in [2.05, 4.69) is 33.0 Å². The highest BCUT2D eigenvalue weighted by molar-refractivity contribution is 9.10. The van der Waals surface area contributed by atoms with E-state index in [9.17, 15) is 9.18 Å². The molecule has 0 aromatic heterocycles. The number of carbonyl (C=O) groups is 1. The highest BCUT2D eigenvalue weighted by Gasteiger charge is 2.15. The van der Waals surface area contributed by atoms with E-state index in [4.69, 9.17) is 0 Å². The van der Waals surface area contributed by atoms with Crippen LogP contribution in [-0.2, 0) is 6.54 Å². The molecular formula is C18H15BrFNO. The first kappa shape index (κ1) is 15.1. The Balaban J connectivity index is 1.83. The molecule has 0 saturated carbocycles. The fourth-order valence-electron chi connectivity index (χ4n) is 2.55. The molecule has 2 aromatic carbocycles.